The summed E-state index contributed by atoms with van der Waals surface area (Å²) in [7, 11) is 1.18. The molecule has 1 heterocycles. The second-order valence-corrected chi connectivity index (χ2v) is 11.2. The monoisotopic (exact) mass is 639 g/mol. The molecule has 0 saturated heterocycles. The van der Waals surface area contributed by atoms with E-state index in [1.807, 2.05) is 0 Å². The highest BCUT2D eigenvalue weighted by molar-refractivity contribution is 6.45. The molecule has 216 valence electrons. The van der Waals surface area contributed by atoms with Gasteiger partial charge in [-0.15, -0.1) is 0 Å². The van der Waals surface area contributed by atoms with Gasteiger partial charge in [0.25, 0.3) is 11.8 Å². The summed E-state index contributed by atoms with van der Waals surface area (Å²) in [6.07, 6.45) is 0.485. The van der Waals surface area contributed by atoms with Crippen molar-refractivity contribution < 1.29 is 28.7 Å². The van der Waals surface area contributed by atoms with Crippen LogP contribution < -0.4 is 10.2 Å². The van der Waals surface area contributed by atoms with Crippen LogP contribution in [0.15, 0.2) is 54.7 Å². The summed E-state index contributed by atoms with van der Waals surface area (Å²) in [6, 6.07) is 10.7. The van der Waals surface area contributed by atoms with Gasteiger partial charge in [0.1, 0.15) is 17.5 Å². The zero-order chi connectivity index (χ0) is 30.5. The molecule has 0 aliphatic carbocycles. The average molecular weight is 641 g/mol. The summed E-state index contributed by atoms with van der Waals surface area (Å²) in [4.78, 5) is 57.1. The molecule has 0 aliphatic rings. The van der Waals surface area contributed by atoms with Gasteiger partial charge in [-0.25, -0.2) is 19.5 Å². The summed E-state index contributed by atoms with van der Waals surface area (Å²) >= 11 is 25.1. The maximum absolute atomic E-state index is 13.7. The zero-order valence-corrected chi connectivity index (χ0v) is 25.4. The molecule has 3 aromatic rings. The minimum Gasteiger partial charge on any atom is -0.467 e. The van der Waals surface area contributed by atoms with Gasteiger partial charge in [0.15, 0.2) is 0 Å². The van der Waals surface area contributed by atoms with Crippen molar-refractivity contribution in [3.8, 4) is 0 Å². The average Bonchev–Trinajstić information content (AvgIpc) is 2.87. The summed E-state index contributed by atoms with van der Waals surface area (Å²) in [5.41, 5.74) is -0.589. The van der Waals surface area contributed by atoms with Crippen LogP contribution in [0.25, 0.3) is 0 Å². The van der Waals surface area contributed by atoms with Gasteiger partial charge < -0.3 is 14.8 Å². The van der Waals surface area contributed by atoms with Crippen LogP contribution in [0.3, 0.4) is 0 Å². The normalized spacial score (nSPS) is 11.8. The number of ether oxygens (including phenoxy) is 2. The molecule has 1 atom stereocenters. The number of imide groups is 1. The van der Waals surface area contributed by atoms with Gasteiger partial charge >= 0.3 is 12.1 Å². The Labute approximate surface area is 256 Å². The molecule has 9 nitrogen and oxygen atoms in total. The number of halogens is 4. The maximum atomic E-state index is 13.7. The number of nitrogens with one attached hydrogen (secondary N) is 1. The number of hydrogen-bond donors (Lipinski definition) is 1. The molecule has 3 amide bonds. The highest BCUT2D eigenvalue weighted by atomic mass is 35.5. The Morgan fingerprint density at radius 1 is 0.854 bits per heavy atom. The molecular weight excluding hydrogens is 616 g/mol. The third-order valence-corrected chi connectivity index (χ3v) is 6.67. The highest BCUT2D eigenvalue weighted by Crippen LogP contribution is 2.31. The predicted octanol–water partition coefficient (Wildman–Crippen LogP) is 6.79. The molecule has 0 spiro atoms. The van der Waals surface area contributed by atoms with E-state index in [4.69, 9.17) is 55.9 Å². The molecule has 2 aromatic carbocycles. The van der Waals surface area contributed by atoms with Crippen molar-refractivity contribution in [1.82, 2.24) is 10.3 Å². The second kappa shape index (κ2) is 13.5. The lowest BCUT2D eigenvalue weighted by molar-refractivity contribution is -0.143. The Morgan fingerprint density at radius 2 is 1.34 bits per heavy atom. The number of anilines is 1. The van der Waals surface area contributed by atoms with Crippen molar-refractivity contribution in [2.75, 3.05) is 12.0 Å². The van der Waals surface area contributed by atoms with Gasteiger partial charge in [0.2, 0.25) is 0 Å². The van der Waals surface area contributed by atoms with Gasteiger partial charge in [0, 0.05) is 12.6 Å². The van der Waals surface area contributed by atoms with E-state index in [1.54, 1.807) is 32.9 Å². The summed E-state index contributed by atoms with van der Waals surface area (Å²) in [5, 5.41) is 2.52. The van der Waals surface area contributed by atoms with Crippen molar-refractivity contribution in [3.05, 3.63) is 91.5 Å². The molecule has 0 radical (unpaired) electrons. The van der Waals surface area contributed by atoms with E-state index in [1.165, 1.54) is 49.7 Å². The first-order valence-electron chi connectivity index (χ1n) is 12.0. The van der Waals surface area contributed by atoms with E-state index in [0.29, 0.717) is 5.56 Å². The van der Waals surface area contributed by atoms with E-state index >= 15 is 0 Å². The number of nitrogens with zero attached hydrogens (tertiary/aromatic N) is 2. The number of hydrogen-bond acceptors (Lipinski definition) is 7. The number of benzene rings is 2. The molecule has 3 rings (SSSR count). The van der Waals surface area contributed by atoms with E-state index < -0.39 is 35.5 Å². The predicted molar refractivity (Wildman–Crippen MR) is 157 cm³/mol. The molecular formula is C28H25Cl4N3O6. The molecule has 1 N–H and O–H groups in total. The Morgan fingerprint density at radius 3 is 1.73 bits per heavy atom. The van der Waals surface area contributed by atoms with Crippen molar-refractivity contribution in [1.29, 1.82) is 0 Å². The fourth-order valence-corrected chi connectivity index (χ4v) is 4.74. The molecule has 0 aliphatic heterocycles. The van der Waals surface area contributed by atoms with Crippen LogP contribution in [0, 0.1) is 0 Å². The van der Waals surface area contributed by atoms with Crippen molar-refractivity contribution in [2.45, 2.75) is 38.8 Å². The molecule has 13 heteroatoms. The molecule has 0 fully saturated rings. The van der Waals surface area contributed by atoms with Crippen molar-refractivity contribution in [3.63, 3.8) is 0 Å². The van der Waals surface area contributed by atoms with Gasteiger partial charge in [0.05, 0.1) is 38.3 Å². The first kappa shape index (κ1) is 32.1. The molecule has 1 aromatic heterocycles. The Balaban J connectivity index is 2.00. The van der Waals surface area contributed by atoms with E-state index in [9.17, 15) is 19.2 Å². The summed E-state index contributed by atoms with van der Waals surface area (Å²) in [5.74, 6) is -2.57. The van der Waals surface area contributed by atoms with Gasteiger partial charge in [-0.3, -0.25) is 9.59 Å². The standard InChI is InChI=1S/C28H25Cl4N3O6/c1-28(2,3)41-27(39)34-20(26(38)40-4)13-15-11-12-21(33-14-15)35(24(36)22-16(29)7-5-8-17(22)30)25(37)23-18(31)9-6-10-19(23)32/h5-12,14,20H,13H2,1-4H3,(H,34,39). The number of methoxy groups -OCH3 is 1. The number of amides is 3. The Bertz CT molecular complexity index is 1370. The smallest absolute Gasteiger partial charge is 0.408 e. The van der Waals surface area contributed by atoms with Crippen LogP contribution >= 0.6 is 46.4 Å². The summed E-state index contributed by atoms with van der Waals surface area (Å²) < 4.78 is 10.0. The van der Waals surface area contributed by atoms with E-state index in [0.717, 1.165) is 4.90 Å². The second-order valence-electron chi connectivity index (χ2n) is 9.59. The fourth-order valence-electron chi connectivity index (χ4n) is 3.62. The number of carbonyl (C=O) groups excluding carboxylic acids is 4. The third kappa shape index (κ3) is 8.10. The lowest BCUT2D eigenvalue weighted by Crippen LogP contribution is -2.45. The van der Waals surface area contributed by atoms with Gasteiger partial charge in [-0.1, -0.05) is 64.6 Å². The van der Waals surface area contributed by atoms with Crippen LogP contribution in [0.5, 0.6) is 0 Å². The molecule has 41 heavy (non-hydrogen) atoms. The molecule has 0 saturated carbocycles. The van der Waals surface area contributed by atoms with Crippen LogP contribution in [0.4, 0.5) is 10.6 Å². The van der Waals surface area contributed by atoms with Crippen LogP contribution in [-0.2, 0) is 20.7 Å². The van der Waals surface area contributed by atoms with E-state index in [-0.39, 0.29) is 43.5 Å². The minimum atomic E-state index is -1.11. The largest absolute Gasteiger partial charge is 0.467 e. The van der Waals surface area contributed by atoms with Gasteiger partial charge in [-0.2, -0.15) is 0 Å². The number of esters is 1. The Hall–Kier alpha value is -3.37. The number of carbonyl (C=O) groups is 4. The molecule has 1 unspecified atom stereocenters. The third-order valence-electron chi connectivity index (χ3n) is 5.41. The lowest BCUT2D eigenvalue weighted by Gasteiger charge is -2.23. The first-order chi connectivity index (χ1) is 19.2. The van der Waals surface area contributed by atoms with E-state index in [2.05, 4.69) is 10.3 Å². The SMILES string of the molecule is COC(=O)C(Cc1ccc(N(C(=O)c2c(Cl)cccc2Cl)C(=O)c2c(Cl)cccc2Cl)nc1)NC(=O)OC(C)(C)C. The minimum absolute atomic E-state index is 0.0105. The molecule has 0 bridgehead atoms. The lowest BCUT2D eigenvalue weighted by atomic mass is 10.1. The van der Waals surface area contributed by atoms with Gasteiger partial charge in [-0.05, 0) is 56.7 Å². The maximum Gasteiger partial charge on any atom is 0.408 e. The number of pyridine rings is 1. The topological polar surface area (TPSA) is 115 Å². The zero-order valence-electron chi connectivity index (χ0n) is 22.3. The van der Waals surface area contributed by atoms with Crippen LogP contribution in [-0.4, -0.2) is 47.6 Å². The quantitative estimate of drug-likeness (QED) is 0.223. The van der Waals surface area contributed by atoms with Crippen LogP contribution in [0.2, 0.25) is 20.1 Å². The Kier molecular flexibility index (Phi) is 10.6. The number of aromatic nitrogens is 1. The first-order valence-corrected chi connectivity index (χ1v) is 13.5. The van der Waals surface area contributed by atoms with Crippen LogP contribution in [0.1, 0.15) is 47.1 Å². The van der Waals surface area contributed by atoms with Crippen molar-refractivity contribution >= 4 is 76.1 Å². The van der Waals surface area contributed by atoms with Crippen molar-refractivity contribution in [2.24, 2.45) is 0 Å². The highest BCUT2D eigenvalue weighted by Gasteiger charge is 2.32. The number of rotatable bonds is 7. The fraction of sp³-hybridized carbons (Fsp3) is 0.250. The summed E-state index contributed by atoms with van der Waals surface area (Å²) in [6.45, 7) is 5.05. The number of alkyl carbamates (subject to hydrolysis) is 1.